The van der Waals surface area contributed by atoms with Gasteiger partial charge in [-0.05, 0) is 76.9 Å². The normalized spacial score (nSPS) is 14.3. The van der Waals surface area contributed by atoms with Crippen molar-refractivity contribution < 1.29 is 18.7 Å². The Labute approximate surface area is 189 Å². The van der Waals surface area contributed by atoms with Gasteiger partial charge in [0.25, 0.3) is 5.91 Å². The van der Waals surface area contributed by atoms with Gasteiger partial charge in [-0.1, -0.05) is 25.0 Å². The van der Waals surface area contributed by atoms with E-state index < -0.39 is 0 Å². The quantitative estimate of drug-likeness (QED) is 0.318. The molecule has 3 rings (SSSR count). The first-order valence-corrected chi connectivity index (χ1v) is 10.8. The maximum absolute atomic E-state index is 13.1. The summed E-state index contributed by atoms with van der Waals surface area (Å²) in [5, 5.41) is 12.4. The summed E-state index contributed by atoms with van der Waals surface area (Å²) in [5.74, 6) is 0.388. The molecule has 1 aliphatic rings. The zero-order valence-electron chi connectivity index (χ0n) is 16.6. The molecular formula is C23H22FIN2O3. The van der Waals surface area contributed by atoms with Crippen LogP contribution in [0.5, 0.6) is 11.5 Å². The molecule has 0 aliphatic heterocycles. The van der Waals surface area contributed by atoms with E-state index in [0.717, 1.165) is 34.8 Å². The first kappa shape index (κ1) is 22.1. The predicted octanol–water partition coefficient (Wildman–Crippen LogP) is 4.98. The average molecular weight is 520 g/mol. The first-order chi connectivity index (χ1) is 14.5. The van der Waals surface area contributed by atoms with E-state index in [1.165, 1.54) is 19.2 Å². The van der Waals surface area contributed by atoms with Crippen LogP contribution in [0.15, 0.2) is 42.0 Å². The number of hydrogen-bond acceptors (Lipinski definition) is 4. The summed E-state index contributed by atoms with van der Waals surface area (Å²) in [6.45, 7) is 0.259. The van der Waals surface area contributed by atoms with Crippen LogP contribution >= 0.6 is 22.6 Å². The highest BCUT2D eigenvalue weighted by Gasteiger charge is 2.20. The summed E-state index contributed by atoms with van der Waals surface area (Å²) in [7, 11) is 1.53. The lowest BCUT2D eigenvalue weighted by molar-refractivity contribution is -0.117. The second-order valence-electron chi connectivity index (χ2n) is 7.07. The van der Waals surface area contributed by atoms with Crippen LogP contribution < -0.4 is 14.8 Å². The standard InChI is InChI=1S/C23H22FIN2O3/c1-29-21-12-16(10-17(13-26)23(28)27-19-4-2-3-5-19)11-20(25)22(21)30-14-15-6-8-18(24)9-7-15/h6-12,19H,2-5,14H2,1H3,(H,27,28)/b17-10-. The summed E-state index contributed by atoms with van der Waals surface area (Å²) < 4.78 is 25.2. The highest BCUT2D eigenvalue weighted by Crippen LogP contribution is 2.35. The van der Waals surface area contributed by atoms with E-state index in [9.17, 15) is 14.4 Å². The van der Waals surface area contributed by atoms with Gasteiger partial charge in [0.2, 0.25) is 0 Å². The van der Waals surface area contributed by atoms with Crippen LogP contribution in [0, 0.1) is 20.7 Å². The smallest absolute Gasteiger partial charge is 0.262 e. The van der Waals surface area contributed by atoms with Crippen LogP contribution in [0.2, 0.25) is 0 Å². The maximum atomic E-state index is 13.1. The Hall–Kier alpha value is -2.60. The first-order valence-electron chi connectivity index (χ1n) is 9.67. The van der Waals surface area contributed by atoms with Gasteiger partial charge in [-0.25, -0.2) is 4.39 Å². The molecule has 0 saturated heterocycles. The number of nitriles is 1. The van der Waals surface area contributed by atoms with Gasteiger partial charge in [-0.3, -0.25) is 4.79 Å². The molecule has 156 valence electrons. The second kappa shape index (κ2) is 10.4. The maximum Gasteiger partial charge on any atom is 0.262 e. The minimum Gasteiger partial charge on any atom is -0.493 e. The summed E-state index contributed by atoms with van der Waals surface area (Å²) in [6.07, 6.45) is 5.67. The number of ether oxygens (including phenoxy) is 2. The number of rotatable bonds is 7. The molecule has 0 aromatic heterocycles. The van der Waals surface area contributed by atoms with Crippen molar-refractivity contribution in [3.05, 3.63) is 62.5 Å². The number of methoxy groups -OCH3 is 1. The molecule has 5 nitrogen and oxygen atoms in total. The molecule has 1 N–H and O–H groups in total. The fraction of sp³-hybridized carbons (Fsp3) is 0.304. The number of carbonyl (C=O) groups is 1. The summed E-state index contributed by atoms with van der Waals surface area (Å²) in [5.41, 5.74) is 1.55. The topological polar surface area (TPSA) is 71.3 Å². The fourth-order valence-corrected chi connectivity index (χ4v) is 4.13. The number of nitrogens with one attached hydrogen (secondary N) is 1. The Bertz CT molecular complexity index is 977. The van der Waals surface area contributed by atoms with Crippen molar-refractivity contribution in [2.24, 2.45) is 0 Å². The van der Waals surface area contributed by atoms with Crippen molar-refractivity contribution in [3.63, 3.8) is 0 Å². The third-order valence-corrected chi connectivity index (χ3v) is 5.72. The minimum absolute atomic E-state index is 0.0553. The zero-order valence-corrected chi connectivity index (χ0v) is 18.7. The van der Waals surface area contributed by atoms with Gasteiger partial charge < -0.3 is 14.8 Å². The van der Waals surface area contributed by atoms with Gasteiger partial charge in [-0.15, -0.1) is 0 Å². The zero-order chi connectivity index (χ0) is 21.5. The van der Waals surface area contributed by atoms with Crippen molar-refractivity contribution in [2.75, 3.05) is 7.11 Å². The predicted molar refractivity (Wildman–Crippen MR) is 120 cm³/mol. The fourth-order valence-electron chi connectivity index (χ4n) is 3.35. The van der Waals surface area contributed by atoms with E-state index in [0.29, 0.717) is 17.1 Å². The van der Waals surface area contributed by atoms with Crippen molar-refractivity contribution >= 4 is 34.6 Å². The van der Waals surface area contributed by atoms with E-state index in [2.05, 4.69) is 27.9 Å². The lowest BCUT2D eigenvalue weighted by atomic mass is 10.1. The second-order valence-corrected chi connectivity index (χ2v) is 8.24. The third kappa shape index (κ3) is 5.72. The Morgan fingerprint density at radius 2 is 2.00 bits per heavy atom. The highest BCUT2D eigenvalue weighted by atomic mass is 127. The van der Waals surface area contributed by atoms with Crippen molar-refractivity contribution in [2.45, 2.75) is 38.3 Å². The molecular weight excluding hydrogens is 498 g/mol. The summed E-state index contributed by atoms with van der Waals surface area (Å²) in [6, 6.07) is 11.8. The van der Waals surface area contributed by atoms with Crippen LogP contribution in [0.1, 0.15) is 36.8 Å². The van der Waals surface area contributed by atoms with Gasteiger partial charge in [0, 0.05) is 6.04 Å². The van der Waals surface area contributed by atoms with Crippen LogP contribution in [-0.4, -0.2) is 19.1 Å². The monoisotopic (exact) mass is 520 g/mol. The van der Waals surface area contributed by atoms with E-state index in [4.69, 9.17) is 9.47 Å². The van der Waals surface area contributed by atoms with Crippen molar-refractivity contribution in [1.29, 1.82) is 5.26 Å². The number of halogens is 2. The number of hydrogen-bond donors (Lipinski definition) is 1. The molecule has 0 unspecified atom stereocenters. The molecule has 1 fully saturated rings. The summed E-state index contributed by atoms with van der Waals surface area (Å²) in [4.78, 5) is 12.4. The molecule has 30 heavy (non-hydrogen) atoms. The average Bonchev–Trinajstić information content (AvgIpc) is 3.25. The number of benzene rings is 2. The lowest BCUT2D eigenvalue weighted by Gasteiger charge is -2.14. The Kier molecular flexibility index (Phi) is 7.69. The van der Waals surface area contributed by atoms with Crippen LogP contribution in [-0.2, 0) is 11.4 Å². The Morgan fingerprint density at radius 3 is 2.63 bits per heavy atom. The van der Waals surface area contributed by atoms with Crippen molar-refractivity contribution in [3.8, 4) is 17.6 Å². The largest absolute Gasteiger partial charge is 0.493 e. The molecule has 0 atom stereocenters. The van der Waals surface area contributed by atoms with Gasteiger partial charge >= 0.3 is 0 Å². The van der Waals surface area contributed by atoms with E-state index in [1.807, 2.05) is 12.1 Å². The molecule has 0 radical (unpaired) electrons. The van der Waals surface area contributed by atoms with Crippen molar-refractivity contribution in [1.82, 2.24) is 5.32 Å². The highest BCUT2D eigenvalue weighted by molar-refractivity contribution is 14.1. The molecule has 1 saturated carbocycles. The molecule has 7 heteroatoms. The van der Waals surface area contributed by atoms with Gasteiger partial charge in [-0.2, -0.15) is 5.26 Å². The lowest BCUT2D eigenvalue weighted by Crippen LogP contribution is -2.33. The van der Waals surface area contributed by atoms with Gasteiger partial charge in [0.1, 0.15) is 24.1 Å². The molecule has 1 amide bonds. The molecule has 0 bridgehead atoms. The van der Waals surface area contributed by atoms with E-state index in [-0.39, 0.29) is 29.9 Å². The third-order valence-electron chi connectivity index (χ3n) is 4.91. The number of amides is 1. The van der Waals surface area contributed by atoms with Crippen LogP contribution in [0.4, 0.5) is 4.39 Å². The van der Waals surface area contributed by atoms with Crippen LogP contribution in [0.3, 0.4) is 0 Å². The number of nitrogens with zero attached hydrogens (tertiary/aromatic N) is 1. The van der Waals surface area contributed by atoms with E-state index >= 15 is 0 Å². The molecule has 0 heterocycles. The summed E-state index contributed by atoms with van der Waals surface area (Å²) >= 11 is 2.12. The minimum atomic E-state index is -0.352. The molecule has 1 aliphatic carbocycles. The Balaban J connectivity index is 1.77. The molecule has 2 aromatic carbocycles. The molecule has 2 aromatic rings. The van der Waals surface area contributed by atoms with Gasteiger partial charge in [0.05, 0.1) is 10.7 Å². The van der Waals surface area contributed by atoms with Gasteiger partial charge in [0.15, 0.2) is 11.5 Å². The Morgan fingerprint density at radius 1 is 1.30 bits per heavy atom. The van der Waals surface area contributed by atoms with E-state index in [1.54, 1.807) is 24.3 Å². The SMILES string of the molecule is COc1cc(/C=C(/C#N)C(=O)NC2CCCC2)cc(I)c1OCc1ccc(F)cc1. The number of carbonyl (C=O) groups excluding carboxylic acids is 1. The molecule has 0 spiro atoms. The van der Waals surface area contributed by atoms with Crippen LogP contribution in [0.25, 0.3) is 6.08 Å².